The van der Waals surface area contributed by atoms with E-state index >= 15 is 0 Å². The number of nitrogens with zero attached hydrogens (tertiary/aromatic N) is 1. The summed E-state index contributed by atoms with van der Waals surface area (Å²) in [5.74, 6) is 1.82. The van der Waals surface area contributed by atoms with Crippen LogP contribution in [0.2, 0.25) is 0 Å². The van der Waals surface area contributed by atoms with E-state index in [2.05, 4.69) is 17.1 Å². The first-order valence-corrected chi connectivity index (χ1v) is 9.31. The maximum atomic E-state index is 12.1. The SMILES string of the molecule is CCCC1CCC(NC2CCN(C(=O)C3CC3)CC2)CC1. The van der Waals surface area contributed by atoms with E-state index < -0.39 is 0 Å². The Kier molecular flexibility index (Phi) is 5.20. The van der Waals surface area contributed by atoms with Crippen LogP contribution in [0.25, 0.3) is 0 Å². The molecule has 0 atom stereocenters. The summed E-state index contributed by atoms with van der Waals surface area (Å²) in [4.78, 5) is 14.2. The Morgan fingerprint density at radius 3 is 2.14 bits per heavy atom. The van der Waals surface area contributed by atoms with Gasteiger partial charge in [0.05, 0.1) is 0 Å². The fourth-order valence-corrected chi connectivity index (χ4v) is 4.21. The minimum atomic E-state index is 0.392. The summed E-state index contributed by atoms with van der Waals surface area (Å²) in [6, 6.07) is 1.40. The first-order chi connectivity index (χ1) is 10.3. The van der Waals surface area contributed by atoms with Gasteiger partial charge in [-0.3, -0.25) is 4.79 Å². The van der Waals surface area contributed by atoms with E-state index in [0.29, 0.717) is 17.9 Å². The number of hydrogen-bond acceptors (Lipinski definition) is 2. The minimum absolute atomic E-state index is 0.392. The Labute approximate surface area is 129 Å². The number of nitrogens with one attached hydrogen (secondary N) is 1. The average molecular weight is 292 g/mol. The van der Waals surface area contributed by atoms with Crippen LogP contribution in [0.4, 0.5) is 0 Å². The quantitative estimate of drug-likeness (QED) is 0.843. The van der Waals surface area contributed by atoms with Crippen LogP contribution in [0.1, 0.15) is 71.1 Å². The molecule has 0 radical (unpaired) electrons. The van der Waals surface area contributed by atoms with Crippen LogP contribution in [0, 0.1) is 11.8 Å². The van der Waals surface area contributed by atoms with Crippen molar-refractivity contribution in [2.24, 2.45) is 11.8 Å². The van der Waals surface area contributed by atoms with E-state index in [0.717, 1.165) is 50.7 Å². The van der Waals surface area contributed by atoms with Gasteiger partial charge in [-0.05, 0) is 57.3 Å². The molecule has 120 valence electrons. The zero-order valence-corrected chi connectivity index (χ0v) is 13.7. The van der Waals surface area contributed by atoms with E-state index in [-0.39, 0.29) is 0 Å². The minimum Gasteiger partial charge on any atom is -0.342 e. The van der Waals surface area contributed by atoms with E-state index in [1.54, 1.807) is 0 Å². The number of carbonyl (C=O) groups excluding carboxylic acids is 1. The first-order valence-electron chi connectivity index (χ1n) is 9.31. The number of carbonyl (C=O) groups is 1. The maximum absolute atomic E-state index is 12.1. The molecule has 0 unspecified atom stereocenters. The summed E-state index contributed by atoms with van der Waals surface area (Å²) in [5, 5.41) is 3.89. The van der Waals surface area contributed by atoms with Gasteiger partial charge < -0.3 is 10.2 Å². The Bertz CT molecular complexity index is 337. The lowest BCUT2D eigenvalue weighted by Gasteiger charge is -2.37. The van der Waals surface area contributed by atoms with Crippen molar-refractivity contribution in [3.05, 3.63) is 0 Å². The molecule has 1 aliphatic heterocycles. The Balaban J connectivity index is 1.35. The lowest BCUT2D eigenvalue weighted by atomic mass is 9.83. The molecule has 0 aromatic heterocycles. The molecule has 0 bridgehead atoms. The van der Waals surface area contributed by atoms with Crippen LogP contribution in [0.15, 0.2) is 0 Å². The van der Waals surface area contributed by atoms with Gasteiger partial charge in [0.1, 0.15) is 0 Å². The van der Waals surface area contributed by atoms with Crippen LogP contribution >= 0.6 is 0 Å². The zero-order valence-electron chi connectivity index (χ0n) is 13.7. The van der Waals surface area contributed by atoms with Crippen molar-refractivity contribution < 1.29 is 4.79 Å². The maximum Gasteiger partial charge on any atom is 0.225 e. The van der Waals surface area contributed by atoms with Crippen molar-refractivity contribution in [1.29, 1.82) is 0 Å². The van der Waals surface area contributed by atoms with Crippen molar-refractivity contribution >= 4 is 5.91 Å². The monoisotopic (exact) mass is 292 g/mol. The van der Waals surface area contributed by atoms with Gasteiger partial charge in [0.2, 0.25) is 5.91 Å². The third-order valence-corrected chi connectivity index (χ3v) is 5.75. The highest BCUT2D eigenvalue weighted by Gasteiger charge is 2.35. The molecular formula is C18H32N2O. The molecule has 3 aliphatic rings. The summed E-state index contributed by atoms with van der Waals surface area (Å²) < 4.78 is 0. The Hall–Kier alpha value is -0.570. The summed E-state index contributed by atoms with van der Waals surface area (Å²) >= 11 is 0. The second-order valence-electron chi connectivity index (χ2n) is 7.55. The molecule has 0 aromatic carbocycles. The Morgan fingerprint density at radius 1 is 0.952 bits per heavy atom. The van der Waals surface area contributed by atoms with E-state index in [1.165, 1.54) is 38.5 Å². The smallest absolute Gasteiger partial charge is 0.225 e. The van der Waals surface area contributed by atoms with Crippen molar-refractivity contribution in [1.82, 2.24) is 10.2 Å². The molecule has 0 spiro atoms. The van der Waals surface area contributed by atoms with Gasteiger partial charge in [-0.25, -0.2) is 0 Å². The van der Waals surface area contributed by atoms with Gasteiger partial charge in [-0.1, -0.05) is 19.8 Å². The topological polar surface area (TPSA) is 32.3 Å². The summed E-state index contributed by atoms with van der Waals surface area (Å²) in [6.45, 7) is 4.28. The van der Waals surface area contributed by atoms with Gasteiger partial charge >= 0.3 is 0 Å². The normalized spacial score (nSPS) is 31.4. The zero-order chi connectivity index (χ0) is 14.7. The number of amides is 1. The van der Waals surface area contributed by atoms with Crippen molar-refractivity contribution in [3.8, 4) is 0 Å². The van der Waals surface area contributed by atoms with E-state index in [1.807, 2.05) is 0 Å². The van der Waals surface area contributed by atoms with Crippen LogP contribution in [0.5, 0.6) is 0 Å². The number of hydrogen-bond donors (Lipinski definition) is 1. The standard InChI is InChI=1S/C18H32N2O/c1-2-3-14-4-8-16(9-5-14)19-17-10-12-20(13-11-17)18(21)15-6-7-15/h14-17,19H,2-13H2,1H3. The molecule has 1 N–H and O–H groups in total. The van der Waals surface area contributed by atoms with Crippen molar-refractivity contribution in [3.63, 3.8) is 0 Å². The van der Waals surface area contributed by atoms with Crippen LogP contribution < -0.4 is 5.32 Å². The van der Waals surface area contributed by atoms with Crippen LogP contribution in [-0.4, -0.2) is 36.0 Å². The molecule has 0 aromatic rings. The third-order valence-electron chi connectivity index (χ3n) is 5.75. The molecule has 3 heteroatoms. The van der Waals surface area contributed by atoms with Gasteiger partial charge in [0.25, 0.3) is 0 Å². The van der Waals surface area contributed by atoms with E-state index in [4.69, 9.17) is 0 Å². The predicted octanol–water partition coefficient (Wildman–Crippen LogP) is 3.34. The lowest BCUT2D eigenvalue weighted by Crippen LogP contribution is -2.48. The molecule has 1 heterocycles. The second kappa shape index (κ2) is 7.13. The number of piperidine rings is 1. The van der Waals surface area contributed by atoms with E-state index in [9.17, 15) is 4.79 Å². The average Bonchev–Trinajstić information content (AvgIpc) is 3.34. The van der Waals surface area contributed by atoms with Crippen LogP contribution in [-0.2, 0) is 4.79 Å². The first kappa shape index (κ1) is 15.3. The molecule has 2 aliphatic carbocycles. The molecule has 1 saturated heterocycles. The number of rotatable bonds is 5. The molecule has 21 heavy (non-hydrogen) atoms. The second-order valence-corrected chi connectivity index (χ2v) is 7.55. The molecule has 3 fully saturated rings. The predicted molar refractivity (Wildman–Crippen MR) is 86.1 cm³/mol. The number of likely N-dealkylation sites (tertiary alicyclic amines) is 1. The third kappa shape index (κ3) is 4.21. The fourth-order valence-electron chi connectivity index (χ4n) is 4.21. The van der Waals surface area contributed by atoms with Gasteiger partial charge in [0, 0.05) is 31.1 Å². The van der Waals surface area contributed by atoms with Gasteiger partial charge in [-0.15, -0.1) is 0 Å². The van der Waals surface area contributed by atoms with Gasteiger partial charge in [0.15, 0.2) is 0 Å². The Morgan fingerprint density at radius 2 is 1.57 bits per heavy atom. The summed E-state index contributed by atoms with van der Waals surface area (Å²) in [5.41, 5.74) is 0. The highest BCUT2D eigenvalue weighted by Crippen LogP contribution is 2.32. The highest BCUT2D eigenvalue weighted by molar-refractivity contribution is 5.81. The molecule has 3 rings (SSSR count). The molecular weight excluding hydrogens is 260 g/mol. The molecule has 3 nitrogen and oxygen atoms in total. The van der Waals surface area contributed by atoms with Crippen molar-refractivity contribution in [2.45, 2.75) is 83.2 Å². The lowest BCUT2D eigenvalue weighted by molar-refractivity contribution is -0.133. The van der Waals surface area contributed by atoms with Crippen LogP contribution in [0.3, 0.4) is 0 Å². The van der Waals surface area contributed by atoms with Crippen molar-refractivity contribution in [2.75, 3.05) is 13.1 Å². The molecule has 2 saturated carbocycles. The molecule has 1 amide bonds. The summed E-state index contributed by atoms with van der Waals surface area (Å²) in [6.07, 6.45) is 12.9. The largest absolute Gasteiger partial charge is 0.342 e. The highest BCUT2D eigenvalue weighted by atomic mass is 16.2. The fraction of sp³-hybridized carbons (Fsp3) is 0.944. The summed E-state index contributed by atoms with van der Waals surface area (Å²) in [7, 11) is 0. The van der Waals surface area contributed by atoms with Gasteiger partial charge in [-0.2, -0.15) is 0 Å².